The molecule has 2 rings (SSSR count). The van der Waals surface area contributed by atoms with E-state index in [4.69, 9.17) is 0 Å². The van der Waals surface area contributed by atoms with Gasteiger partial charge in [0.15, 0.2) is 0 Å². The molecule has 0 aromatic carbocycles. The van der Waals surface area contributed by atoms with Gasteiger partial charge in [0.05, 0.1) is 5.71 Å². The van der Waals surface area contributed by atoms with Gasteiger partial charge in [0, 0.05) is 24.3 Å². The molecule has 2 nitrogen and oxygen atoms in total. The minimum absolute atomic E-state index is 0.298. The van der Waals surface area contributed by atoms with Gasteiger partial charge in [0.1, 0.15) is 5.78 Å². The predicted octanol–water partition coefficient (Wildman–Crippen LogP) is 4.93. The van der Waals surface area contributed by atoms with E-state index in [0.717, 1.165) is 18.6 Å². The van der Waals surface area contributed by atoms with Gasteiger partial charge in [-0.15, -0.1) is 11.3 Å². The Morgan fingerprint density at radius 3 is 2.81 bits per heavy atom. The molecule has 112 valence electrons. The van der Waals surface area contributed by atoms with E-state index >= 15 is 0 Å². The van der Waals surface area contributed by atoms with Crippen LogP contribution in [0, 0.1) is 5.92 Å². The van der Waals surface area contributed by atoms with Crippen molar-refractivity contribution in [2.45, 2.75) is 38.5 Å². The number of rotatable bonds is 6. The highest BCUT2D eigenvalue weighted by atomic mass is 32.1. The number of carbonyl (C=O) groups is 1. The summed E-state index contributed by atoms with van der Waals surface area (Å²) >= 11 is 1.70. The number of hydrogen-bond donors (Lipinski definition) is 0. The van der Waals surface area contributed by atoms with Gasteiger partial charge < -0.3 is 0 Å². The average Bonchev–Trinajstić information content (AvgIpc) is 3.04. The average molecular weight is 301 g/mol. The molecule has 0 saturated heterocycles. The molecule has 1 heterocycles. The molecule has 0 unspecified atom stereocenters. The van der Waals surface area contributed by atoms with E-state index in [1.165, 1.54) is 24.1 Å². The zero-order valence-electron chi connectivity index (χ0n) is 12.6. The molecule has 1 aliphatic rings. The van der Waals surface area contributed by atoms with E-state index in [2.05, 4.69) is 22.5 Å². The van der Waals surface area contributed by atoms with Crippen LogP contribution in [0.15, 0.2) is 40.7 Å². The Balaban J connectivity index is 1.82. The number of aliphatic imine (C=N–C) groups is 1. The number of thiophene rings is 1. The van der Waals surface area contributed by atoms with Crippen LogP contribution in [0.25, 0.3) is 6.08 Å². The number of carbonyl (C=O) groups excluding carboxylic acids is 1. The van der Waals surface area contributed by atoms with Gasteiger partial charge in [-0.2, -0.15) is 0 Å². The summed E-state index contributed by atoms with van der Waals surface area (Å²) in [7, 11) is 1.78. The van der Waals surface area contributed by atoms with Crippen molar-refractivity contribution < 1.29 is 4.79 Å². The van der Waals surface area contributed by atoms with E-state index < -0.39 is 0 Å². The second-order valence-electron chi connectivity index (χ2n) is 5.40. The van der Waals surface area contributed by atoms with Crippen LogP contribution < -0.4 is 0 Å². The van der Waals surface area contributed by atoms with E-state index in [1.54, 1.807) is 18.4 Å². The highest BCUT2D eigenvalue weighted by Gasteiger charge is 2.19. The summed E-state index contributed by atoms with van der Waals surface area (Å²) in [6, 6.07) is 4.11. The van der Waals surface area contributed by atoms with E-state index in [0.29, 0.717) is 18.1 Å². The maximum absolute atomic E-state index is 12.1. The molecule has 0 N–H and O–H groups in total. The quantitative estimate of drug-likeness (QED) is 0.685. The van der Waals surface area contributed by atoms with Crippen LogP contribution in [0.1, 0.15) is 43.4 Å². The molecule has 0 radical (unpaired) electrons. The van der Waals surface area contributed by atoms with Crippen LogP contribution in [0.5, 0.6) is 0 Å². The summed E-state index contributed by atoms with van der Waals surface area (Å²) in [4.78, 5) is 17.5. The Bertz CT molecular complexity index is 519. The molecule has 1 fully saturated rings. The molecule has 3 heteroatoms. The fourth-order valence-electron chi connectivity index (χ4n) is 2.65. The van der Waals surface area contributed by atoms with Crippen LogP contribution in [0.2, 0.25) is 0 Å². The lowest BCUT2D eigenvalue weighted by molar-refractivity contribution is -0.122. The van der Waals surface area contributed by atoms with Crippen molar-refractivity contribution in [3.63, 3.8) is 0 Å². The first kappa shape index (κ1) is 15.9. The lowest BCUT2D eigenvalue weighted by Crippen LogP contribution is -2.16. The van der Waals surface area contributed by atoms with Gasteiger partial charge >= 0.3 is 0 Å². The third-order valence-electron chi connectivity index (χ3n) is 3.89. The Labute approximate surface area is 131 Å². The third-order valence-corrected chi connectivity index (χ3v) is 4.73. The highest BCUT2D eigenvalue weighted by molar-refractivity contribution is 7.10. The van der Waals surface area contributed by atoms with Gasteiger partial charge in [-0.05, 0) is 42.5 Å². The molecular weight excluding hydrogens is 278 g/mol. The smallest absolute Gasteiger partial charge is 0.139 e. The molecule has 1 aromatic heterocycles. The minimum atomic E-state index is 0.298. The molecule has 1 aliphatic carbocycles. The second-order valence-corrected chi connectivity index (χ2v) is 6.38. The van der Waals surface area contributed by atoms with Crippen LogP contribution in [0.3, 0.4) is 0 Å². The molecule has 0 bridgehead atoms. The molecule has 0 amide bonds. The third kappa shape index (κ3) is 5.43. The van der Waals surface area contributed by atoms with Crippen molar-refractivity contribution in [2.75, 3.05) is 7.05 Å². The Morgan fingerprint density at radius 1 is 1.33 bits per heavy atom. The van der Waals surface area contributed by atoms with Gasteiger partial charge in [-0.25, -0.2) is 0 Å². The van der Waals surface area contributed by atoms with Crippen molar-refractivity contribution in [3.8, 4) is 0 Å². The van der Waals surface area contributed by atoms with Crippen molar-refractivity contribution in [1.29, 1.82) is 0 Å². The molecule has 1 aromatic rings. The summed E-state index contributed by atoms with van der Waals surface area (Å²) in [6.07, 6.45) is 14.4. The number of Topliss-reactive ketones (excluding diaryl/α,β-unsaturated/α-hetero) is 1. The first-order valence-corrected chi connectivity index (χ1v) is 8.55. The lowest BCUT2D eigenvalue weighted by atomic mass is 9.85. The van der Waals surface area contributed by atoms with Crippen LogP contribution >= 0.6 is 11.3 Å². The SMILES string of the molecule is CN=C(/C=C\CC(=O)C1CCCCC1)/C=C/c1cccs1. The zero-order chi connectivity index (χ0) is 14.9. The number of allylic oxidation sites excluding steroid dienone is 3. The number of ketones is 1. The topological polar surface area (TPSA) is 29.4 Å². The lowest BCUT2D eigenvalue weighted by Gasteiger charge is -2.19. The van der Waals surface area contributed by atoms with Crippen molar-refractivity contribution in [2.24, 2.45) is 10.9 Å². The summed E-state index contributed by atoms with van der Waals surface area (Å²) in [5.74, 6) is 0.690. The molecular formula is C18H23NOS. The van der Waals surface area contributed by atoms with Crippen LogP contribution in [0.4, 0.5) is 0 Å². The molecule has 0 spiro atoms. The van der Waals surface area contributed by atoms with E-state index in [9.17, 15) is 4.79 Å². The normalized spacial score (nSPS) is 17.9. The Morgan fingerprint density at radius 2 is 2.14 bits per heavy atom. The second kappa shape index (κ2) is 8.73. The van der Waals surface area contributed by atoms with Gasteiger partial charge in [-0.3, -0.25) is 9.79 Å². The number of nitrogens with zero attached hydrogens (tertiary/aromatic N) is 1. The Kier molecular flexibility index (Phi) is 6.61. The van der Waals surface area contributed by atoms with Crippen molar-refractivity contribution >= 4 is 28.9 Å². The Hall–Kier alpha value is -1.48. The van der Waals surface area contributed by atoms with Crippen molar-refractivity contribution in [1.82, 2.24) is 0 Å². The van der Waals surface area contributed by atoms with Crippen LogP contribution in [-0.2, 0) is 4.79 Å². The summed E-state index contributed by atoms with van der Waals surface area (Å²) in [6.45, 7) is 0. The molecule has 21 heavy (non-hydrogen) atoms. The highest BCUT2D eigenvalue weighted by Crippen LogP contribution is 2.25. The first-order chi connectivity index (χ1) is 10.3. The molecule has 0 aliphatic heterocycles. The van der Waals surface area contributed by atoms with E-state index in [-0.39, 0.29) is 0 Å². The fraction of sp³-hybridized carbons (Fsp3) is 0.444. The zero-order valence-corrected chi connectivity index (χ0v) is 13.4. The monoisotopic (exact) mass is 301 g/mol. The minimum Gasteiger partial charge on any atom is -0.299 e. The molecule has 0 atom stereocenters. The van der Waals surface area contributed by atoms with Gasteiger partial charge in [0.25, 0.3) is 0 Å². The largest absolute Gasteiger partial charge is 0.299 e. The maximum atomic E-state index is 12.1. The first-order valence-electron chi connectivity index (χ1n) is 7.67. The van der Waals surface area contributed by atoms with Gasteiger partial charge in [0.2, 0.25) is 0 Å². The van der Waals surface area contributed by atoms with Gasteiger partial charge in [-0.1, -0.05) is 31.4 Å². The fourth-order valence-corrected chi connectivity index (χ4v) is 3.26. The summed E-state index contributed by atoms with van der Waals surface area (Å²) in [5, 5.41) is 2.06. The summed E-state index contributed by atoms with van der Waals surface area (Å²) < 4.78 is 0. The maximum Gasteiger partial charge on any atom is 0.139 e. The van der Waals surface area contributed by atoms with Crippen LogP contribution in [-0.4, -0.2) is 18.5 Å². The van der Waals surface area contributed by atoms with Crippen molar-refractivity contribution in [3.05, 3.63) is 40.6 Å². The number of hydrogen-bond acceptors (Lipinski definition) is 3. The molecule has 1 saturated carbocycles. The van der Waals surface area contributed by atoms with E-state index in [1.807, 2.05) is 24.3 Å². The summed E-state index contributed by atoms with van der Waals surface area (Å²) in [5.41, 5.74) is 0.903. The predicted molar refractivity (Wildman–Crippen MR) is 92.1 cm³/mol. The standard InChI is InChI=1S/C18H23NOS/c1-19-16(12-13-17-10-6-14-21-17)9-5-11-18(20)15-7-3-2-4-8-15/h5-6,9-10,12-15H,2-4,7-8,11H2,1H3/b9-5-,13-12+,19-16?.